The number of nitrogens with one attached hydrogen (secondary N) is 1. The zero-order chi connectivity index (χ0) is 35.7. The van der Waals surface area contributed by atoms with Crippen LogP contribution >= 0.6 is 0 Å². The molecule has 0 bridgehead atoms. The molecule has 4 nitrogen and oxygen atoms in total. The molecule has 49 heavy (non-hydrogen) atoms. The first-order chi connectivity index (χ1) is 24.2. The van der Waals surface area contributed by atoms with E-state index in [1.807, 2.05) is 0 Å². The number of amides is 1. The summed E-state index contributed by atoms with van der Waals surface area (Å²) < 4.78 is 0. The van der Waals surface area contributed by atoms with Crippen molar-refractivity contribution in [3.05, 3.63) is 24.3 Å². The van der Waals surface area contributed by atoms with Gasteiger partial charge in [0.25, 0.3) is 0 Å². The van der Waals surface area contributed by atoms with E-state index in [0.29, 0.717) is 12.8 Å². The van der Waals surface area contributed by atoms with Gasteiger partial charge in [0.15, 0.2) is 0 Å². The molecule has 0 saturated heterocycles. The molecule has 0 aliphatic rings. The normalized spacial score (nSPS) is 13.1. The van der Waals surface area contributed by atoms with E-state index in [9.17, 15) is 15.0 Å². The van der Waals surface area contributed by atoms with Crippen LogP contribution in [0.25, 0.3) is 0 Å². The fourth-order valence-electron chi connectivity index (χ4n) is 6.79. The van der Waals surface area contributed by atoms with E-state index in [1.54, 1.807) is 0 Å². The minimum atomic E-state index is -0.663. The average Bonchev–Trinajstić information content (AvgIpc) is 3.10. The molecule has 0 heterocycles. The van der Waals surface area contributed by atoms with Gasteiger partial charge in [0.1, 0.15) is 0 Å². The van der Waals surface area contributed by atoms with E-state index in [0.717, 1.165) is 44.9 Å². The Morgan fingerprint density at radius 1 is 0.490 bits per heavy atom. The van der Waals surface area contributed by atoms with Crippen molar-refractivity contribution in [3.8, 4) is 0 Å². The lowest BCUT2D eigenvalue weighted by atomic mass is 10.0. The first-order valence-corrected chi connectivity index (χ1v) is 22.0. The molecule has 2 atom stereocenters. The van der Waals surface area contributed by atoms with Gasteiger partial charge in [-0.15, -0.1) is 0 Å². The highest BCUT2D eigenvalue weighted by Gasteiger charge is 2.20. The van der Waals surface area contributed by atoms with Crippen molar-refractivity contribution >= 4 is 5.91 Å². The number of carbonyl (C=O) groups excluding carboxylic acids is 1. The monoisotopic (exact) mass is 690 g/mol. The molecule has 0 aromatic carbocycles. The average molecular weight is 690 g/mol. The van der Waals surface area contributed by atoms with E-state index in [1.165, 1.54) is 167 Å². The number of carbonyl (C=O) groups is 1. The standard InChI is InChI=1S/C45H87NO3/c1-3-5-7-9-11-13-15-17-19-20-21-22-23-24-25-26-27-28-30-32-34-36-38-40-44(48)43(42-47)46-45(49)41-39-37-35-33-31-29-18-16-14-12-10-8-6-4-2/h10,12,16,18,43-44,47-48H,3-9,11,13-15,17,19-42H2,1-2H3,(H,46,49)/b12-10-,18-16-. The summed E-state index contributed by atoms with van der Waals surface area (Å²) >= 11 is 0. The SMILES string of the molecule is CCCC/C=C\C/C=C\CCCCCCCC(=O)NC(CO)C(O)CCCCCCCCCCCCCCCCCCCCCCCCC. The number of unbranched alkanes of at least 4 members (excludes halogenated alkanes) is 29. The van der Waals surface area contributed by atoms with Crippen LogP contribution < -0.4 is 5.32 Å². The molecule has 4 heteroatoms. The van der Waals surface area contributed by atoms with Crippen LogP contribution in [-0.2, 0) is 4.79 Å². The van der Waals surface area contributed by atoms with Crippen LogP contribution in [0.5, 0.6) is 0 Å². The summed E-state index contributed by atoms with van der Waals surface area (Å²) in [6.07, 6.45) is 52.6. The number of allylic oxidation sites excluding steroid dienone is 4. The van der Waals surface area contributed by atoms with Gasteiger partial charge in [0.2, 0.25) is 5.91 Å². The predicted octanol–water partition coefficient (Wildman–Crippen LogP) is 13.6. The summed E-state index contributed by atoms with van der Waals surface area (Å²) in [4.78, 5) is 12.4. The van der Waals surface area contributed by atoms with E-state index >= 15 is 0 Å². The Morgan fingerprint density at radius 2 is 0.857 bits per heavy atom. The predicted molar refractivity (Wildman–Crippen MR) is 216 cm³/mol. The topological polar surface area (TPSA) is 69.6 Å². The Hall–Kier alpha value is -1.13. The van der Waals surface area contributed by atoms with Gasteiger partial charge in [0, 0.05) is 6.42 Å². The number of aliphatic hydroxyl groups is 2. The minimum absolute atomic E-state index is 0.0441. The summed E-state index contributed by atoms with van der Waals surface area (Å²) in [5, 5.41) is 23.2. The largest absolute Gasteiger partial charge is 0.394 e. The van der Waals surface area contributed by atoms with Crippen molar-refractivity contribution in [3.63, 3.8) is 0 Å². The lowest BCUT2D eigenvalue weighted by Gasteiger charge is -2.22. The van der Waals surface area contributed by atoms with Crippen molar-refractivity contribution in [2.24, 2.45) is 0 Å². The second kappa shape index (κ2) is 41.3. The lowest BCUT2D eigenvalue weighted by molar-refractivity contribution is -0.123. The van der Waals surface area contributed by atoms with Crippen LogP contribution in [0.3, 0.4) is 0 Å². The molecule has 0 fully saturated rings. The molecular formula is C45H87NO3. The maximum absolute atomic E-state index is 12.4. The number of aliphatic hydroxyl groups excluding tert-OH is 2. The summed E-state index contributed by atoms with van der Waals surface area (Å²) in [7, 11) is 0. The zero-order valence-corrected chi connectivity index (χ0v) is 33.2. The van der Waals surface area contributed by atoms with Crippen LogP contribution in [0.1, 0.15) is 239 Å². The van der Waals surface area contributed by atoms with Crippen LogP contribution in [0.2, 0.25) is 0 Å². The van der Waals surface area contributed by atoms with E-state index in [4.69, 9.17) is 0 Å². The third-order valence-corrected chi connectivity index (χ3v) is 10.2. The van der Waals surface area contributed by atoms with Gasteiger partial charge in [-0.1, -0.05) is 218 Å². The summed E-state index contributed by atoms with van der Waals surface area (Å²) in [5.41, 5.74) is 0. The quantitative estimate of drug-likeness (QED) is 0.0443. The lowest BCUT2D eigenvalue weighted by Crippen LogP contribution is -2.45. The molecule has 0 rings (SSSR count). The van der Waals surface area contributed by atoms with Crippen molar-refractivity contribution < 1.29 is 15.0 Å². The molecule has 0 aromatic heterocycles. The highest BCUT2D eigenvalue weighted by molar-refractivity contribution is 5.76. The molecule has 0 saturated carbocycles. The molecule has 3 N–H and O–H groups in total. The highest BCUT2D eigenvalue weighted by Crippen LogP contribution is 2.16. The molecule has 2 unspecified atom stereocenters. The molecule has 0 aliphatic heterocycles. The molecule has 0 aromatic rings. The Balaban J connectivity index is 3.48. The van der Waals surface area contributed by atoms with Crippen molar-refractivity contribution in [2.75, 3.05) is 6.61 Å². The Labute approximate surface area is 307 Å². The van der Waals surface area contributed by atoms with Gasteiger partial charge in [-0.25, -0.2) is 0 Å². The number of hydrogen-bond donors (Lipinski definition) is 3. The Bertz CT molecular complexity index is 705. The van der Waals surface area contributed by atoms with Gasteiger partial charge < -0.3 is 15.5 Å². The van der Waals surface area contributed by atoms with Crippen LogP contribution in [0, 0.1) is 0 Å². The van der Waals surface area contributed by atoms with Gasteiger partial charge in [-0.2, -0.15) is 0 Å². The Kier molecular flexibility index (Phi) is 40.3. The second-order valence-corrected chi connectivity index (χ2v) is 15.1. The smallest absolute Gasteiger partial charge is 0.220 e. The molecule has 0 aliphatic carbocycles. The third kappa shape index (κ3) is 37.9. The van der Waals surface area contributed by atoms with Gasteiger partial charge in [0.05, 0.1) is 18.8 Å². The Morgan fingerprint density at radius 3 is 1.29 bits per heavy atom. The van der Waals surface area contributed by atoms with Crippen LogP contribution in [0.4, 0.5) is 0 Å². The van der Waals surface area contributed by atoms with E-state index in [-0.39, 0.29) is 12.5 Å². The van der Waals surface area contributed by atoms with Gasteiger partial charge >= 0.3 is 0 Å². The van der Waals surface area contributed by atoms with Crippen LogP contribution in [0.15, 0.2) is 24.3 Å². The van der Waals surface area contributed by atoms with Crippen molar-refractivity contribution in [1.29, 1.82) is 0 Å². The maximum Gasteiger partial charge on any atom is 0.220 e. The molecule has 290 valence electrons. The first kappa shape index (κ1) is 47.9. The van der Waals surface area contributed by atoms with E-state index < -0.39 is 12.1 Å². The van der Waals surface area contributed by atoms with Crippen molar-refractivity contribution in [1.82, 2.24) is 5.32 Å². The number of hydrogen-bond acceptors (Lipinski definition) is 3. The molecule has 0 radical (unpaired) electrons. The van der Waals surface area contributed by atoms with Crippen LogP contribution in [-0.4, -0.2) is 34.9 Å². The summed E-state index contributed by atoms with van der Waals surface area (Å²) in [6, 6.07) is -0.541. The second-order valence-electron chi connectivity index (χ2n) is 15.1. The highest BCUT2D eigenvalue weighted by atomic mass is 16.3. The molecular weight excluding hydrogens is 602 g/mol. The molecule has 0 spiro atoms. The van der Waals surface area contributed by atoms with Gasteiger partial charge in [-0.3, -0.25) is 4.79 Å². The van der Waals surface area contributed by atoms with Crippen molar-refractivity contribution in [2.45, 2.75) is 251 Å². The summed E-state index contributed by atoms with van der Waals surface area (Å²) in [5.74, 6) is -0.0441. The van der Waals surface area contributed by atoms with E-state index in [2.05, 4.69) is 43.5 Å². The summed E-state index contributed by atoms with van der Waals surface area (Å²) in [6.45, 7) is 4.32. The maximum atomic E-state index is 12.4. The third-order valence-electron chi connectivity index (χ3n) is 10.2. The minimum Gasteiger partial charge on any atom is -0.394 e. The molecule has 1 amide bonds. The fraction of sp³-hybridized carbons (Fsp3) is 0.889. The zero-order valence-electron chi connectivity index (χ0n) is 33.2. The fourth-order valence-corrected chi connectivity index (χ4v) is 6.79. The van der Waals surface area contributed by atoms with Gasteiger partial charge in [-0.05, 0) is 38.5 Å². The number of rotatable bonds is 40. The first-order valence-electron chi connectivity index (χ1n) is 22.0.